The molecule has 0 fully saturated rings. The normalized spacial score (nSPS) is 13.0. The zero-order valence-corrected chi connectivity index (χ0v) is 8.66. The van der Waals surface area contributed by atoms with Gasteiger partial charge in [-0.05, 0) is 18.6 Å². The second-order valence-electron chi connectivity index (χ2n) is 2.77. The van der Waals surface area contributed by atoms with Crippen molar-refractivity contribution in [3.63, 3.8) is 0 Å². The second-order valence-corrected chi connectivity index (χ2v) is 3.59. The molecule has 0 aliphatic heterocycles. The standard InChI is InChI=1S/C9H10Cl2FN/c1-2-7(13)8-5(10)3-4-6(11)9(8)12/h3-4,7H,2,13H2,1H3/t7-/m1/s1. The second kappa shape index (κ2) is 4.27. The van der Waals surface area contributed by atoms with Gasteiger partial charge in [-0.15, -0.1) is 0 Å². The van der Waals surface area contributed by atoms with Gasteiger partial charge in [0.1, 0.15) is 5.82 Å². The van der Waals surface area contributed by atoms with Crippen LogP contribution in [0.2, 0.25) is 10.0 Å². The SMILES string of the molecule is CC[C@@H](N)c1c(Cl)ccc(Cl)c1F. The first kappa shape index (κ1) is 10.8. The van der Waals surface area contributed by atoms with Crippen molar-refractivity contribution in [1.82, 2.24) is 0 Å². The Kier molecular flexibility index (Phi) is 3.54. The van der Waals surface area contributed by atoms with Crippen molar-refractivity contribution >= 4 is 23.2 Å². The molecule has 0 spiro atoms. The van der Waals surface area contributed by atoms with Gasteiger partial charge in [-0.2, -0.15) is 0 Å². The van der Waals surface area contributed by atoms with E-state index >= 15 is 0 Å². The fourth-order valence-electron chi connectivity index (χ4n) is 1.09. The highest BCUT2D eigenvalue weighted by molar-refractivity contribution is 6.33. The molecule has 13 heavy (non-hydrogen) atoms. The molecule has 0 saturated carbocycles. The van der Waals surface area contributed by atoms with E-state index in [-0.39, 0.29) is 5.02 Å². The third-order valence-electron chi connectivity index (χ3n) is 1.89. The fourth-order valence-corrected chi connectivity index (χ4v) is 1.54. The molecule has 0 unspecified atom stereocenters. The van der Waals surface area contributed by atoms with Gasteiger partial charge in [0.15, 0.2) is 0 Å². The zero-order chi connectivity index (χ0) is 10.0. The first-order valence-electron chi connectivity index (χ1n) is 3.96. The molecule has 1 atom stereocenters. The van der Waals surface area contributed by atoms with Gasteiger partial charge in [0.2, 0.25) is 0 Å². The molecular weight excluding hydrogens is 212 g/mol. The maximum absolute atomic E-state index is 13.4. The number of hydrogen-bond donors (Lipinski definition) is 1. The summed E-state index contributed by atoms with van der Waals surface area (Å²) in [6, 6.07) is 2.58. The van der Waals surface area contributed by atoms with Gasteiger partial charge >= 0.3 is 0 Å². The van der Waals surface area contributed by atoms with Crippen LogP contribution in [0.15, 0.2) is 12.1 Å². The zero-order valence-electron chi connectivity index (χ0n) is 7.15. The Morgan fingerprint density at radius 2 is 1.92 bits per heavy atom. The van der Waals surface area contributed by atoms with Crippen LogP contribution in [-0.2, 0) is 0 Å². The van der Waals surface area contributed by atoms with Crippen molar-refractivity contribution < 1.29 is 4.39 Å². The molecule has 1 rings (SSSR count). The van der Waals surface area contributed by atoms with E-state index in [1.165, 1.54) is 6.07 Å². The quantitative estimate of drug-likeness (QED) is 0.761. The number of nitrogens with two attached hydrogens (primary N) is 1. The van der Waals surface area contributed by atoms with Gasteiger partial charge in [-0.3, -0.25) is 0 Å². The lowest BCUT2D eigenvalue weighted by Crippen LogP contribution is -2.11. The Labute approximate surface area is 86.6 Å². The Morgan fingerprint density at radius 1 is 1.38 bits per heavy atom. The molecule has 0 aliphatic rings. The van der Waals surface area contributed by atoms with Crippen LogP contribution in [0.1, 0.15) is 24.9 Å². The lowest BCUT2D eigenvalue weighted by atomic mass is 10.1. The van der Waals surface area contributed by atoms with Gasteiger partial charge in [0.25, 0.3) is 0 Å². The van der Waals surface area contributed by atoms with E-state index in [0.717, 1.165) is 0 Å². The number of rotatable bonds is 2. The molecule has 0 radical (unpaired) electrons. The molecule has 72 valence electrons. The molecule has 4 heteroatoms. The van der Waals surface area contributed by atoms with Crippen LogP contribution < -0.4 is 5.73 Å². The molecule has 1 nitrogen and oxygen atoms in total. The van der Waals surface area contributed by atoms with Crippen LogP contribution in [0.3, 0.4) is 0 Å². The predicted octanol–water partition coefficient (Wildman–Crippen LogP) is 3.54. The predicted molar refractivity (Wildman–Crippen MR) is 53.6 cm³/mol. The van der Waals surface area contributed by atoms with Gasteiger partial charge in [-0.1, -0.05) is 30.1 Å². The van der Waals surface area contributed by atoms with Gasteiger partial charge < -0.3 is 5.73 Å². The average Bonchev–Trinajstić information content (AvgIpc) is 2.12. The van der Waals surface area contributed by atoms with E-state index in [4.69, 9.17) is 28.9 Å². The first-order chi connectivity index (χ1) is 6.07. The largest absolute Gasteiger partial charge is 0.324 e. The summed E-state index contributed by atoms with van der Waals surface area (Å²) in [7, 11) is 0. The highest BCUT2D eigenvalue weighted by Gasteiger charge is 2.16. The summed E-state index contributed by atoms with van der Waals surface area (Å²) in [6.45, 7) is 1.86. The van der Waals surface area contributed by atoms with E-state index in [9.17, 15) is 4.39 Å². The molecule has 0 bridgehead atoms. The molecule has 0 aliphatic carbocycles. The maximum atomic E-state index is 13.4. The third kappa shape index (κ3) is 2.13. The molecule has 1 aromatic rings. The van der Waals surface area contributed by atoms with Gasteiger partial charge in [0, 0.05) is 16.6 Å². The van der Waals surface area contributed by atoms with Crippen molar-refractivity contribution in [1.29, 1.82) is 0 Å². The number of hydrogen-bond acceptors (Lipinski definition) is 1. The highest BCUT2D eigenvalue weighted by Crippen LogP contribution is 2.30. The Morgan fingerprint density at radius 3 is 2.46 bits per heavy atom. The number of halogens is 3. The summed E-state index contributed by atoms with van der Waals surface area (Å²) < 4.78 is 13.4. The Balaban J connectivity index is 3.25. The molecule has 1 aromatic carbocycles. The minimum Gasteiger partial charge on any atom is -0.324 e. The van der Waals surface area contributed by atoms with Crippen LogP contribution >= 0.6 is 23.2 Å². The highest BCUT2D eigenvalue weighted by atomic mass is 35.5. The molecular formula is C9H10Cl2FN. The summed E-state index contributed by atoms with van der Waals surface area (Å²) in [5.41, 5.74) is 5.98. The van der Waals surface area contributed by atoms with Gasteiger partial charge in [0.05, 0.1) is 5.02 Å². The minimum absolute atomic E-state index is 0.0586. The van der Waals surface area contributed by atoms with E-state index in [0.29, 0.717) is 17.0 Å². The molecule has 0 amide bonds. The summed E-state index contributed by atoms with van der Waals surface area (Å²) in [5.74, 6) is -0.511. The summed E-state index contributed by atoms with van der Waals surface area (Å²) >= 11 is 11.4. The lowest BCUT2D eigenvalue weighted by Gasteiger charge is -2.12. The van der Waals surface area contributed by atoms with Crippen molar-refractivity contribution in [3.05, 3.63) is 33.6 Å². The molecule has 0 heterocycles. The Bertz CT molecular complexity index is 315. The number of benzene rings is 1. The fraction of sp³-hybridized carbons (Fsp3) is 0.333. The summed E-state index contributed by atoms with van der Waals surface area (Å²) in [5, 5.41) is 0.388. The van der Waals surface area contributed by atoms with Crippen LogP contribution in [0.5, 0.6) is 0 Å². The van der Waals surface area contributed by atoms with Crippen LogP contribution in [0.4, 0.5) is 4.39 Å². The summed E-state index contributed by atoms with van der Waals surface area (Å²) in [4.78, 5) is 0. The van der Waals surface area contributed by atoms with E-state index in [2.05, 4.69) is 0 Å². The Hall–Kier alpha value is -0.310. The smallest absolute Gasteiger partial charge is 0.148 e. The van der Waals surface area contributed by atoms with E-state index < -0.39 is 11.9 Å². The summed E-state index contributed by atoms with van der Waals surface area (Å²) in [6.07, 6.45) is 0.622. The maximum Gasteiger partial charge on any atom is 0.148 e. The van der Waals surface area contributed by atoms with Crippen LogP contribution in [0.25, 0.3) is 0 Å². The van der Waals surface area contributed by atoms with E-state index in [1.807, 2.05) is 6.92 Å². The van der Waals surface area contributed by atoms with Crippen molar-refractivity contribution in [3.8, 4) is 0 Å². The first-order valence-corrected chi connectivity index (χ1v) is 4.72. The van der Waals surface area contributed by atoms with Gasteiger partial charge in [-0.25, -0.2) is 4.39 Å². The third-order valence-corrected chi connectivity index (χ3v) is 2.51. The minimum atomic E-state index is -0.511. The molecule has 0 aromatic heterocycles. The topological polar surface area (TPSA) is 26.0 Å². The van der Waals surface area contributed by atoms with E-state index in [1.54, 1.807) is 6.07 Å². The van der Waals surface area contributed by atoms with Crippen molar-refractivity contribution in [2.75, 3.05) is 0 Å². The molecule has 2 N–H and O–H groups in total. The van der Waals surface area contributed by atoms with Crippen LogP contribution in [-0.4, -0.2) is 0 Å². The van der Waals surface area contributed by atoms with Crippen LogP contribution in [0, 0.1) is 5.82 Å². The monoisotopic (exact) mass is 221 g/mol. The van der Waals surface area contributed by atoms with Crippen molar-refractivity contribution in [2.24, 2.45) is 5.73 Å². The average molecular weight is 222 g/mol. The lowest BCUT2D eigenvalue weighted by molar-refractivity contribution is 0.576. The van der Waals surface area contributed by atoms with Crippen molar-refractivity contribution in [2.45, 2.75) is 19.4 Å². The molecule has 0 saturated heterocycles.